The molecule has 0 bridgehead atoms. The molecular formula is C11H14N4O. The molecule has 0 aromatic carbocycles. The van der Waals surface area contributed by atoms with Crippen LogP contribution in [0.3, 0.4) is 0 Å². The second-order valence-corrected chi connectivity index (χ2v) is 3.33. The molecule has 2 aromatic rings. The Morgan fingerprint density at radius 2 is 1.88 bits per heavy atom. The second-order valence-electron chi connectivity index (χ2n) is 3.33. The molecule has 0 saturated heterocycles. The summed E-state index contributed by atoms with van der Waals surface area (Å²) in [4.78, 5) is 14.6. The first-order valence-electron chi connectivity index (χ1n) is 5.09. The van der Waals surface area contributed by atoms with E-state index in [1.54, 1.807) is 30.9 Å². The van der Waals surface area contributed by atoms with Crippen molar-refractivity contribution in [2.24, 2.45) is 0 Å². The number of aromatic nitrogens is 4. The van der Waals surface area contributed by atoms with Crippen LogP contribution in [0.2, 0.25) is 0 Å². The van der Waals surface area contributed by atoms with Gasteiger partial charge in [-0.2, -0.15) is 0 Å². The highest BCUT2D eigenvalue weighted by atomic mass is 16.5. The van der Waals surface area contributed by atoms with Gasteiger partial charge < -0.3 is 14.7 Å². The van der Waals surface area contributed by atoms with Crippen molar-refractivity contribution in [1.82, 2.24) is 19.9 Å². The van der Waals surface area contributed by atoms with E-state index in [1.807, 2.05) is 0 Å². The third-order valence-electron chi connectivity index (χ3n) is 2.22. The molecule has 2 aromatic heterocycles. The molecule has 5 heteroatoms. The third kappa shape index (κ3) is 2.38. The van der Waals surface area contributed by atoms with Crippen molar-refractivity contribution in [1.29, 1.82) is 0 Å². The van der Waals surface area contributed by atoms with Crippen LogP contribution in [0.1, 0.15) is 17.6 Å². The molecule has 2 heterocycles. The summed E-state index contributed by atoms with van der Waals surface area (Å²) in [5, 5.41) is 0. The van der Waals surface area contributed by atoms with Crippen LogP contribution in [0.5, 0.6) is 0 Å². The molecule has 0 amide bonds. The van der Waals surface area contributed by atoms with E-state index in [2.05, 4.69) is 26.5 Å². The first kappa shape index (κ1) is 10.6. The molecule has 16 heavy (non-hydrogen) atoms. The van der Waals surface area contributed by atoms with Crippen LogP contribution in [-0.2, 0) is 4.74 Å². The summed E-state index contributed by atoms with van der Waals surface area (Å²) in [5.74, 6) is 1.70. The van der Waals surface area contributed by atoms with Gasteiger partial charge in [0.15, 0.2) is 0 Å². The topological polar surface area (TPSA) is 66.6 Å². The fourth-order valence-corrected chi connectivity index (χ4v) is 1.49. The molecule has 0 spiro atoms. The normalized spacial score (nSPS) is 10.8. The fourth-order valence-electron chi connectivity index (χ4n) is 1.49. The van der Waals surface area contributed by atoms with Crippen LogP contribution in [0.4, 0.5) is 0 Å². The Kier molecular flexibility index (Phi) is 3.50. The van der Waals surface area contributed by atoms with Crippen molar-refractivity contribution < 1.29 is 4.74 Å². The fraction of sp³-hybridized carbons (Fsp3) is 0.273. The second kappa shape index (κ2) is 5.27. The lowest BCUT2D eigenvalue weighted by Gasteiger charge is -2.11. The lowest BCUT2D eigenvalue weighted by atomic mass is 10.1. The van der Waals surface area contributed by atoms with Gasteiger partial charge in [-0.25, -0.2) is 9.97 Å². The van der Waals surface area contributed by atoms with E-state index in [-0.39, 0.29) is 5.92 Å². The smallest absolute Gasteiger partial charge is 0.119 e. The first-order valence-corrected chi connectivity index (χ1v) is 5.09. The number of hydrogen-bond acceptors (Lipinski definition) is 3. The number of H-pyrrole nitrogens is 2. The molecule has 0 aliphatic heterocycles. The van der Waals surface area contributed by atoms with E-state index in [9.17, 15) is 0 Å². The maximum Gasteiger partial charge on any atom is 0.119 e. The minimum absolute atomic E-state index is 0.00458. The average Bonchev–Trinajstić information content (AvgIpc) is 2.97. The minimum Gasteiger partial charge on any atom is -0.376 e. The Morgan fingerprint density at radius 3 is 2.31 bits per heavy atom. The largest absolute Gasteiger partial charge is 0.376 e. The average molecular weight is 218 g/mol. The third-order valence-corrected chi connectivity index (χ3v) is 2.22. The van der Waals surface area contributed by atoms with Crippen LogP contribution in [0.25, 0.3) is 0 Å². The summed E-state index contributed by atoms with van der Waals surface area (Å²) >= 11 is 0. The standard InChI is InChI=1S/C11H14N4O/c1-2-7-16-8-9(10-12-3-4-13-10)11-14-5-6-15-11/h2-6,9H,1,7-8H2,(H,12,13)(H,14,15). The van der Waals surface area contributed by atoms with Crippen LogP contribution in [0, 0.1) is 0 Å². The van der Waals surface area contributed by atoms with E-state index in [0.29, 0.717) is 13.2 Å². The Hall–Kier alpha value is -1.88. The molecule has 0 radical (unpaired) electrons. The SMILES string of the molecule is C=CCOCC(c1ncc[nH]1)c1ncc[nH]1. The number of hydrogen-bond donors (Lipinski definition) is 2. The van der Waals surface area contributed by atoms with Gasteiger partial charge in [-0.15, -0.1) is 6.58 Å². The lowest BCUT2D eigenvalue weighted by Crippen LogP contribution is -2.13. The van der Waals surface area contributed by atoms with Crippen LogP contribution >= 0.6 is 0 Å². The molecule has 0 aliphatic rings. The number of nitrogens with zero attached hydrogens (tertiary/aromatic N) is 2. The van der Waals surface area contributed by atoms with Gasteiger partial charge in [-0.1, -0.05) is 6.08 Å². The lowest BCUT2D eigenvalue weighted by molar-refractivity contribution is 0.151. The van der Waals surface area contributed by atoms with Crippen molar-refractivity contribution in [3.63, 3.8) is 0 Å². The van der Waals surface area contributed by atoms with E-state index >= 15 is 0 Å². The zero-order valence-corrected chi connectivity index (χ0v) is 8.89. The highest BCUT2D eigenvalue weighted by Crippen LogP contribution is 2.18. The molecule has 0 saturated carbocycles. The van der Waals surface area contributed by atoms with Crippen molar-refractivity contribution in [3.05, 3.63) is 49.1 Å². The predicted octanol–water partition coefficient (Wildman–Crippen LogP) is 1.47. The Morgan fingerprint density at radius 1 is 1.25 bits per heavy atom. The van der Waals surface area contributed by atoms with E-state index < -0.39 is 0 Å². The quantitative estimate of drug-likeness (QED) is 0.570. The van der Waals surface area contributed by atoms with Gasteiger partial charge in [-0.05, 0) is 0 Å². The van der Waals surface area contributed by atoms with E-state index in [1.165, 1.54) is 0 Å². The molecule has 2 N–H and O–H groups in total. The molecule has 0 aliphatic carbocycles. The van der Waals surface area contributed by atoms with Gasteiger partial charge >= 0.3 is 0 Å². The maximum absolute atomic E-state index is 5.45. The number of nitrogens with one attached hydrogen (secondary N) is 2. The molecule has 0 unspecified atom stereocenters. The number of rotatable bonds is 6. The summed E-state index contributed by atoms with van der Waals surface area (Å²) in [6, 6.07) is 0. The highest BCUT2D eigenvalue weighted by molar-refractivity contribution is 5.11. The van der Waals surface area contributed by atoms with E-state index in [4.69, 9.17) is 4.74 Å². The van der Waals surface area contributed by atoms with Crippen LogP contribution in [-0.4, -0.2) is 33.1 Å². The van der Waals surface area contributed by atoms with Crippen molar-refractivity contribution in [2.75, 3.05) is 13.2 Å². The van der Waals surface area contributed by atoms with Crippen molar-refractivity contribution in [2.45, 2.75) is 5.92 Å². The Labute approximate surface area is 93.6 Å². The number of ether oxygens (including phenoxy) is 1. The monoisotopic (exact) mass is 218 g/mol. The zero-order chi connectivity index (χ0) is 11.2. The predicted molar refractivity (Wildman–Crippen MR) is 60.0 cm³/mol. The van der Waals surface area contributed by atoms with Crippen LogP contribution < -0.4 is 0 Å². The van der Waals surface area contributed by atoms with Gasteiger partial charge in [-0.3, -0.25) is 0 Å². The molecule has 0 fully saturated rings. The summed E-state index contributed by atoms with van der Waals surface area (Å²) in [5.41, 5.74) is 0. The molecule has 5 nitrogen and oxygen atoms in total. The van der Waals surface area contributed by atoms with Gasteiger partial charge in [0, 0.05) is 24.8 Å². The molecular weight excluding hydrogens is 204 g/mol. The zero-order valence-electron chi connectivity index (χ0n) is 8.89. The minimum atomic E-state index is 0.00458. The number of aromatic amines is 2. The summed E-state index contributed by atoms with van der Waals surface area (Å²) in [6.07, 6.45) is 8.75. The van der Waals surface area contributed by atoms with Crippen LogP contribution in [0.15, 0.2) is 37.4 Å². The Balaban J connectivity index is 2.11. The van der Waals surface area contributed by atoms with Crippen molar-refractivity contribution >= 4 is 0 Å². The van der Waals surface area contributed by atoms with Gasteiger partial charge in [0.05, 0.1) is 19.1 Å². The van der Waals surface area contributed by atoms with E-state index in [0.717, 1.165) is 11.6 Å². The van der Waals surface area contributed by atoms with Gasteiger partial charge in [0.1, 0.15) is 11.6 Å². The summed E-state index contributed by atoms with van der Waals surface area (Å²) in [6.45, 7) is 4.66. The van der Waals surface area contributed by atoms with Gasteiger partial charge in [0.25, 0.3) is 0 Å². The Bertz CT molecular complexity index is 373. The number of imidazole rings is 2. The highest BCUT2D eigenvalue weighted by Gasteiger charge is 2.18. The molecule has 2 rings (SSSR count). The van der Waals surface area contributed by atoms with Gasteiger partial charge in [0.2, 0.25) is 0 Å². The maximum atomic E-state index is 5.45. The first-order chi connectivity index (χ1) is 7.92. The van der Waals surface area contributed by atoms with Crippen molar-refractivity contribution in [3.8, 4) is 0 Å². The summed E-state index contributed by atoms with van der Waals surface area (Å²) < 4.78 is 5.45. The molecule has 84 valence electrons. The molecule has 0 atom stereocenters. The summed E-state index contributed by atoms with van der Waals surface area (Å²) in [7, 11) is 0.